The van der Waals surface area contributed by atoms with Crippen molar-refractivity contribution in [3.05, 3.63) is 46.4 Å². The van der Waals surface area contributed by atoms with Gasteiger partial charge in [-0.2, -0.15) is 0 Å². The zero-order valence-corrected chi connectivity index (χ0v) is 12.8. The van der Waals surface area contributed by atoms with Gasteiger partial charge in [0.25, 0.3) is 5.91 Å². The molecule has 1 fully saturated rings. The fraction of sp³-hybridized carbons (Fsp3) is 0.375. The van der Waals surface area contributed by atoms with E-state index in [4.69, 9.17) is 4.74 Å². The maximum absolute atomic E-state index is 12.5. The van der Waals surface area contributed by atoms with Gasteiger partial charge < -0.3 is 9.64 Å². The molecule has 3 rings (SSSR count). The molecule has 1 aromatic carbocycles. The van der Waals surface area contributed by atoms with Crippen molar-refractivity contribution in [2.45, 2.75) is 18.8 Å². The van der Waals surface area contributed by atoms with Crippen LogP contribution in [0, 0.1) is 0 Å². The molecule has 0 saturated carbocycles. The number of benzene rings is 1. The summed E-state index contributed by atoms with van der Waals surface area (Å²) < 4.78 is 5.12. The smallest absolute Gasteiger partial charge is 0.253 e. The van der Waals surface area contributed by atoms with Crippen molar-refractivity contribution < 1.29 is 9.53 Å². The molecular weight excluding hydrogens is 284 g/mol. The summed E-state index contributed by atoms with van der Waals surface area (Å²) in [4.78, 5) is 18.8. The number of carbonyl (C=O) groups excluding carboxylic acids is 1. The zero-order valence-electron chi connectivity index (χ0n) is 12.0. The molecule has 1 amide bonds. The molecule has 2 heterocycles. The molecule has 0 aliphatic carbocycles. The van der Waals surface area contributed by atoms with Crippen molar-refractivity contribution in [2.75, 3.05) is 20.2 Å². The van der Waals surface area contributed by atoms with Crippen molar-refractivity contribution in [1.82, 2.24) is 9.88 Å². The first kappa shape index (κ1) is 14.1. The fourth-order valence-corrected chi connectivity index (χ4v) is 3.49. The Kier molecular flexibility index (Phi) is 4.20. The van der Waals surface area contributed by atoms with Gasteiger partial charge in [-0.1, -0.05) is 0 Å². The summed E-state index contributed by atoms with van der Waals surface area (Å²) in [5, 5.41) is 3.22. The number of aromatic nitrogens is 1. The van der Waals surface area contributed by atoms with Gasteiger partial charge in [0.1, 0.15) is 5.75 Å². The minimum absolute atomic E-state index is 0.107. The molecule has 0 unspecified atom stereocenters. The fourth-order valence-electron chi connectivity index (χ4n) is 2.68. The normalized spacial score (nSPS) is 16.0. The molecule has 1 aliphatic rings. The number of carbonyl (C=O) groups is 1. The molecule has 1 aliphatic heterocycles. The number of ether oxygens (including phenoxy) is 1. The Morgan fingerprint density at radius 2 is 2.00 bits per heavy atom. The van der Waals surface area contributed by atoms with Crippen LogP contribution in [-0.2, 0) is 0 Å². The van der Waals surface area contributed by atoms with Crippen LogP contribution in [0.3, 0.4) is 0 Å². The van der Waals surface area contributed by atoms with Crippen molar-refractivity contribution in [3.63, 3.8) is 0 Å². The Bertz CT molecular complexity index is 587. The third-order valence-electron chi connectivity index (χ3n) is 3.92. The average molecular weight is 302 g/mol. The van der Waals surface area contributed by atoms with Gasteiger partial charge in [-0.3, -0.25) is 4.79 Å². The maximum Gasteiger partial charge on any atom is 0.253 e. The molecule has 21 heavy (non-hydrogen) atoms. The minimum Gasteiger partial charge on any atom is -0.497 e. The van der Waals surface area contributed by atoms with Crippen LogP contribution in [0.1, 0.15) is 34.1 Å². The summed E-state index contributed by atoms with van der Waals surface area (Å²) in [6.45, 7) is 1.60. The highest BCUT2D eigenvalue weighted by Gasteiger charge is 2.25. The number of hydrogen-bond acceptors (Lipinski definition) is 4. The van der Waals surface area contributed by atoms with Crippen molar-refractivity contribution in [3.8, 4) is 5.75 Å². The molecule has 1 aromatic heterocycles. The second-order valence-corrected chi connectivity index (χ2v) is 6.09. The number of methoxy groups -OCH3 is 1. The number of amides is 1. The average Bonchev–Trinajstić information content (AvgIpc) is 3.09. The summed E-state index contributed by atoms with van der Waals surface area (Å²) in [5.41, 5.74) is 0.725. The van der Waals surface area contributed by atoms with E-state index < -0.39 is 0 Å². The molecule has 5 heteroatoms. The molecule has 110 valence electrons. The van der Waals surface area contributed by atoms with Gasteiger partial charge in [-0.25, -0.2) is 4.98 Å². The lowest BCUT2D eigenvalue weighted by molar-refractivity contribution is 0.0713. The number of hydrogen-bond donors (Lipinski definition) is 0. The first-order valence-electron chi connectivity index (χ1n) is 7.10. The first-order chi connectivity index (χ1) is 10.3. The van der Waals surface area contributed by atoms with Gasteiger partial charge >= 0.3 is 0 Å². The van der Waals surface area contributed by atoms with E-state index in [1.165, 1.54) is 5.01 Å². The van der Waals surface area contributed by atoms with Gasteiger partial charge in [0, 0.05) is 36.1 Å². The highest BCUT2D eigenvalue weighted by atomic mass is 32.1. The molecular formula is C16H18N2O2S. The number of piperidine rings is 1. The lowest BCUT2D eigenvalue weighted by Crippen LogP contribution is -2.37. The van der Waals surface area contributed by atoms with Crippen LogP contribution in [0.25, 0.3) is 0 Å². The van der Waals surface area contributed by atoms with Gasteiger partial charge in [-0.05, 0) is 37.1 Å². The SMILES string of the molecule is COc1ccc(C(=O)N2CCC(c3nccs3)CC2)cc1. The molecule has 0 N–H and O–H groups in total. The monoisotopic (exact) mass is 302 g/mol. The predicted octanol–water partition coefficient (Wildman–Crippen LogP) is 3.17. The topological polar surface area (TPSA) is 42.4 Å². The maximum atomic E-state index is 12.5. The van der Waals surface area contributed by atoms with Crippen molar-refractivity contribution in [2.24, 2.45) is 0 Å². The highest BCUT2D eigenvalue weighted by Crippen LogP contribution is 2.29. The van der Waals surface area contributed by atoms with E-state index in [1.807, 2.05) is 40.7 Å². The Balaban J connectivity index is 1.62. The molecule has 4 nitrogen and oxygen atoms in total. The molecule has 2 aromatic rings. The third-order valence-corrected chi connectivity index (χ3v) is 4.86. The number of nitrogens with zero attached hydrogens (tertiary/aromatic N) is 2. The molecule has 0 radical (unpaired) electrons. The molecule has 0 bridgehead atoms. The van der Waals surface area contributed by atoms with Gasteiger partial charge in [0.2, 0.25) is 0 Å². The predicted molar refractivity (Wildman–Crippen MR) is 83.0 cm³/mol. The van der Waals surface area contributed by atoms with Crippen LogP contribution in [-0.4, -0.2) is 36.0 Å². The van der Waals surface area contributed by atoms with E-state index in [0.29, 0.717) is 5.92 Å². The van der Waals surface area contributed by atoms with Crippen LogP contribution >= 0.6 is 11.3 Å². The van der Waals surface area contributed by atoms with Crippen LogP contribution in [0.5, 0.6) is 5.75 Å². The van der Waals surface area contributed by atoms with Gasteiger partial charge in [0.05, 0.1) is 12.1 Å². The van der Waals surface area contributed by atoms with Crippen LogP contribution in [0.2, 0.25) is 0 Å². The molecule has 1 saturated heterocycles. The highest BCUT2D eigenvalue weighted by molar-refractivity contribution is 7.09. The van der Waals surface area contributed by atoms with E-state index in [0.717, 1.165) is 37.2 Å². The summed E-state index contributed by atoms with van der Waals surface area (Å²) in [7, 11) is 1.63. The number of likely N-dealkylation sites (tertiary alicyclic amines) is 1. The van der Waals surface area contributed by atoms with Gasteiger partial charge in [0.15, 0.2) is 0 Å². The first-order valence-corrected chi connectivity index (χ1v) is 7.98. The molecule has 0 atom stereocenters. The summed E-state index contributed by atoms with van der Waals surface area (Å²) in [6, 6.07) is 7.31. The van der Waals surface area contributed by atoms with E-state index in [1.54, 1.807) is 18.4 Å². The second-order valence-electron chi connectivity index (χ2n) is 5.17. The van der Waals surface area contributed by atoms with Crippen LogP contribution in [0.4, 0.5) is 0 Å². The number of rotatable bonds is 3. The van der Waals surface area contributed by atoms with E-state index in [9.17, 15) is 4.79 Å². The van der Waals surface area contributed by atoms with E-state index >= 15 is 0 Å². The lowest BCUT2D eigenvalue weighted by atomic mass is 9.97. The van der Waals surface area contributed by atoms with Crippen LogP contribution < -0.4 is 4.74 Å². The zero-order chi connectivity index (χ0) is 14.7. The molecule has 0 spiro atoms. The number of thiazole rings is 1. The van der Waals surface area contributed by atoms with Crippen molar-refractivity contribution >= 4 is 17.2 Å². The van der Waals surface area contributed by atoms with Crippen LogP contribution in [0.15, 0.2) is 35.8 Å². The second kappa shape index (κ2) is 6.26. The largest absolute Gasteiger partial charge is 0.497 e. The minimum atomic E-state index is 0.107. The Morgan fingerprint density at radius 3 is 2.57 bits per heavy atom. The summed E-state index contributed by atoms with van der Waals surface area (Å²) in [6.07, 6.45) is 3.85. The Hall–Kier alpha value is -1.88. The third kappa shape index (κ3) is 3.08. The standard InChI is InChI=1S/C16H18N2O2S/c1-20-14-4-2-13(3-5-14)16(19)18-9-6-12(7-10-18)15-17-8-11-21-15/h2-5,8,11-12H,6-7,9-10H2,1H3. The Morgan fingerprint density at radius 1 is 1.29 bits per heavy atom. The van der Waals surface area contributed by atoms with Crippen molar-refractivity contribution in [1.29, 1.82) is 0 Å². The Labute approximate surface area is 128 Å². The van der Waals surface area contributed by atoms with E-state index in [-0.39, 0.29) is 5.91 Å². The summed E-state index contributed by atoms with van der Waals surface area (Å²) >= 11 is 1.71. The summed E-state index contributed by atoms with van der Waals surface area (Å²) in [5.74, 6) is 1.38. The quantitative estimate of drug-likeness (QED) is 0.874. The van der Waals surface area contributed by atoms with Gasteiger partial charge in [-0.15, -0.1) is 11.3 Å². The lowest BCUT2D eigenvalue weighted by Gasteiger charge is -2.31. The van der Waals surface area contributed by atoms with E-state index in [2.05, 4.69) is 4.98 Å².